The average Bonchev–Trinajstić information content (AvgIpc) is 3.40. The minimum atomic E-state index is -0.259. The van der Waals surface area contributed by atoms with Gasteiger partial charge in [-0.3, -0.25) is 4.90 Å². The van der Waals surface area contributed by atoms with E-state index in [0.717, 1.165) is 67.3 Å². The SMILES string of the molecule is Cc1ccc2nc(CSc3nnc(-c4ccc(F)cc4)n3CCN3CCOCC3)cn2c1. The number of ether oxygens (including phenoxy) is 1. The summed E-state index contributed by atoms with van der Waals surface area (Å²) in [5.41, 5.74) is 3.98. The van der Waals surface area contributed by atoms with Gasteiger partial charge in [-0.2, -0.15) is 0 Å². The van der Waals surface area contributed by atoms with E-state index in [4.69, 9.17) is 9.72 Å². The molecule has 0 amide bonds. The summed E-state index contributed by atoms with van der Waals surface area (Å²) in [5.74, 6) is 1.19. The van der Waals surface area contributed by atoms with Gasteiger partial charge in [0.2, 0.25) is 0 Å². The van der Waals surface area contributed by atoms with Crippen molar-refractivity contribution < 1.29 is 9.13 Å². The van der Waals surface area contributed by atoms with Crippen LogP contribution in [0.25, 0.3) is 17.0 Å². The quantitative estimate of drug-likeness (QED) is 0.399. The molecule has 1 aromatic carbocycles. The van der Waals surface area contributed by atoms with Gasteiger partial charge in [0.1, 0.15) is 11.5 Å². The van der Waals surface area contributed by atoms with Crippen LogP contribution in [0.2, 0.25) is 0 Å². The summed E-state index contributed by atoms with van der Waals surface area (Å²) >= 11 is 1.62. The molecule has 1 saturated heterocycles. The molecule has 0 bridgehead atoms. The third-order valence-corrected chi connectivity index (χ3v) is 6.56. The van der Waals surface area contributed by atoms with Crippen molar-refractivity contribution in [1.82, 2.24) is 29.0 Å². The van der Waals surface area contributed by atoms with Gasteiger partial charge >= 0.3 is 0 Å². The van der Waals surface area contributed by atoms with Crippen molar-refractivity contribution in [2.24, 2.45) is 0 Å². The molecule has 32 heavy (non-hydrogen) atoms. The largest absolute Gasteiger partial charge is 0.379 e. The maximum Gasteiger partial charge on any atom is 0.191 e. The highest BCUT2D eigenvalue weighted by Gasteiger charge is 2.17. The third-order valence-electron chi connectivity index (χ3n) is 5.56. The molecule has 5 rings (SSSR count). The molecule has 0 saturated carbocycles. The Morgan fingerprint density at radius 1 is 1.00 bits per heavy atom. The first-order valence-corrected chi connectivity index (χ1v) is 11.7. The highest BCUT2D eigenvalue weighted by molar-refractivity contribution is 7.98. The molecular formula is C23H25FN6OS. The maximum absolute atomic E-state index is 13.4. The second-order valence-corrected chi connectivity index (χ2v) is 8.85. The van der Waals surface area contributed by atoms with Gasteiger partial charge in [0.05, 0.1) is 18.9 Å². The van der Waals surface area contributed by atoms with Gasteiger partial charge in [-0.1, -0.05) is 17.8 Å². The lowest BCUT2D eigenvalue weighted by Crippen LogP contribution is -2.38. The zero-order chi connectivity index (χ0) is 21.9. The van der Waals surface area contributed by atoms with E-state index in [1.807, 2.05) is 6.07 Å². The fourth-order valence-electron chi connectivity index (χ4n) is 3.84. The summed E-state index contributed by atoms with van der Waals surface area (Å²) in [6.45, 7) is 7.10. The normalized spacial score (nSPS) is 14.9. The van der Waals surface area contributed by atoms with Crippen LogP contribution in [0.15, 0.2) is 53.9 Å². The standard InChI is InChI=1S/C23H25FN6OS/c1-17-2-7-21-25-20(15-29(21)14-17)16-32-23-27-26-22(18-3-5-19(24)6-4-18)30(23)9-8-28-10-12-31-13-11-28/h2-7,14-15H,8-13,16H2,1H3. The molecule has 3 aromatic heterocycles. The molecule has 1 fully saturated rings. The summed E-state index contributed by atoms with van der Waals surface area (Å²) in [5, 5.41) is 9.75. The monoisotopic (exact) mass is 452 g/mol. The Labute approximate surface area is 190 Å². The lowest BCUT2D eigenvalue weighted by atomic mass is 10.2. The summed E-state index contributed by atoms with van der Waals surface area (Å²) in [4.78, 5) is 7.10. The number of benzene rings is 1. The molecule has 166 valence electrons. The lowest BCUT2D eigenvalue weighted by molar-refractivity contribution is 0.0361. The highest BCUT2D eigenvalue weighted by Crippen LogP contribution is 2.27. The Morgan fingerprint density at radius 2 is 1.81 bits per heavy atom. The number of nitrogens with zero attached hydrogens (tertiary/aromatic N) is 6. The number of morpholine rings is 1. The van der Waals surface area contributed by atoms with Gasteiger partial charge in [-0.25, -0.2) is 9.37 Å². The Hall–Kier alpha value is -2.75. The number of rotatable bonds is 7. The first-order valence-electron chi connectivity index (χ1n) is 10.7. The van der Waals surface area contributed by atoms with Crippen LogP contribution in [0, 0.1) is 12.7 Å². The van der Waals surface area contributed by atoms with Crippen LogP contribution in [0.3, 0.4) is 0 Å². The zero-order valence-electron chi connectivity index (χ0n) is 17.9. The Balaban J connectivity index is 1.37. The predicted molar refractivity (Wildman–Crippen MR) is 122 cm³/mol. The minimum Gasteiger partial charge on any atom is -0.379 e. The number of thioether (sulfide) groups is 1. The molecule has 9 heteroatoms. The molecule has 4 heterocycles. The molecule has 7 nitrogen and oxygen atoms in total. The number of aryl methyl sites for hydroxylation is 1. The van der Waals surface area contributed by atoms with Crippen LogP contribution in [0.5, 0.6) is 0 Å². The van der Waals surface area contributed by atoms with E-state index in [9.17, 15) is 4.39 Å². The summed E-state index contributed by atoms with van der Waals surface area (Å²) < 4.78 is 23.1. The molecule has 0 radical (unpaired) electrons. The molecule has 1 aliphatic rings. The van der Waals surface area contributed by atoms with Crippen molar-refractivity contribution >= 4 is 17.4 Å². The van der Waals surface area contributed by atoms with E-state index < -0.39 is 0 Å². The number of pyridine rings is 1. The Morgan fingerprint density at radius 3 is 2.62 bits per heavy atom. The van der Waals surface area contributed by atoms with Crippen LogP contribution in [-0.4, -0.2) is 61.9 Å². The van der Waals surface area contributed by atoms with Gasteiger partial charge in [-0.05, 0) is 42.8 Å². The zero-order valence-corrected chi connectivity index (χ0v) is 18.8. The second-order valence-electron chi connectivity index (χ2n) is 7.91. The number of aromatic nitrogens is 5. The third kappa shape index (κ3) is 4.69. The maximum atomic E-state index is 13.4. The molecular weight excluding hydrogens is 427 g/mol. The number of halogens is 1. The number of imidazole rings is 1. The minimum absolute atomic E-state index is 0.259. The highest BCUT2D eigenvalue weighted by atomic mass is 32.2. The summed E-state index contributed by atoms with van der Waals surface area (Å²) in [6, 6.07) is 10.5. The fraction of sp³-hybridized carbons (Fsp3) is 0.348. The van der Waals surface area contributed by atoms with Crippen molar-refractivity contribution in [2.45, 2.75) is 24.4 Å². The van der Waals surface area contributed by atoms with Crippen molar-refractivity contribution in [3.8, 4) is 11.4 Å². The van der Waals surface area contributed by atoms with Gasteiger partial charge in [0.25, 0.3) is 0 Å². The van der Waals surface area contributed by atoms with Crippen LogP contribution >= 0.6 is 11.8 Å². The summed E-state index contributed by atoms with van der Waals surface area (Å²) in [7, 11) is 0. The summed E-state index contributed by atoms with van der Waals surface area (Å²) in [6.07, 6.45) is 4.14. The van der Waals surface area contributed by atoms with Gasteiger partial charge in [0, 0.05) is 49.9 Å². The van der Waals surface area contributed by atoms with E-state index in [-0.39, 0.29) is 5.82 Å². The van der Waals surface area contributed by atoms with Crippen LogP contribution in [0.1, 0.15) is 11.3 Å². The molecule has 4 aromatic rings. The number of hydrogen-bond acceptors (Lipinski definition) is 6. The van der Waals surface area contributed by atoms with Gasteiger partial charge in [-0.15, -0.1) is 10.2 Å². The number of fused-ring (bicyclic) bond motifs is 1. The van der Waals surface area contributed by atoms with Gasteiger partial charge < -0.3 is 13.7 Å². The van der Waals surface area contributed by atoms with E-state index in [1.165, 1.54) is 17.7 Å². The van der Waals surface area contributed by atoms with E-state index in [1.54, 1.807) is 23.9 Å². The van der Waals surface area contributed by atoms with Crippen molar-refractivity contribution in [2.75, 3.05) is 32.8 Å². The molecule has 0 unspecified atom stereocenters. The predicted octanol–water partition coefficient (Wildman–Crippen LogP) is 3.66. The van der Waals surface area contributed by atoms with E-state index >= 15 is 0 Å². The number of hydrogen-bond donors (Lipinski definition) is 0. The molecule has 0 aliphatic carbocycles. The first kappa shape index (κ1) is 21.1. The van der Waals surface area contributed by atoms with Crippen LogP contribution < -0.4 is 0 Å². The van der Waals surface area contributed by atoms with E-state index in [2.05, 4.69) is 49.4 Å². The lowest BCUT2D eigenvalue weighted by Gasteiger charge is -2.27. The van der Waals surface area contributed by atoms with E-state index in [0.29, 0.717) is 5.75 Å². The fourth-order valence-corrected chi connectivity index (χ4v) is 4.69. The Kier molecular flexibility index (Phi) is 6.20. The van der Waals surface area contributed by atoms with Crippen LogP contribution in [-0.2, 0) is 17.0 Å². The average molecular weight is 453 g/mol. The second kappa shape index (κ2) is 9.40. The van der Waals surface area contributed by atoms with Crippen molar-refractivity contribution in [1.29, 1.82) is 0 Å². The topological polar surface area (TPSA) is 60.5 Å². The Bertz CT molecular complexity index is 1200. The van der Waals surface area contributed by atoms with Crippen molar-refractivity contribution in [3.05, 3.63) is 65.9 Å². The molecule has 1 aliphatic heterocycles. The van der Waals surface area contributed by atoms with Crippen LogP contribution in [0.4, 0.5) is 4.39 Å². The first-order chi connectivity index (χ1) is 15.7. The van der Waals surface area contributed by atoms with Crippen molar-refractivity contribution in [3.63, 3.8) is 0 Å². The molecule has 0 N–H and O–H groups in total. The molecule has 0 spiro atoms. The van der Waals surface area contributed by atoms with Gasteiger partial charge in [0.15, 0.2) is 11.0 Å². The molecule has 0 atom stereocenters. The smallest absolute Gasteiger partial charge is 0.191 e.